The molecule has 0 radical (unpaired) electrons. The number of benzene rings is 1. The molecule has 0 aliphatic heterocycles. The third-order valence-corrected chi connectivity index (χ3v) is 4.80. The molecule has 2 aromatic rings. The average Bonchev–Trinajstić information content (AvgIpc) is 2.81. The van der Waals surface area contributed by atoms with E-state index in [9.17, 15) is 13.2 Å². The number of aromatic carboxylic acids is 1. The third kappa shape index (κ3) is 2.44. The van der Waals surface area contributed by atoms with Crippen molar-refractivity contribution in [2.45, 2.75) is 11.8 Å². The summed E-state index contributed by atoms with van der Waals surface area (Å²) in [6, 6.07) is 6.14. The molecule has 0 spiro atoms. The van der Waals surface area contributed by atoms with Crippen LogP contribution in [0.25, 0.3) is 11.1 Å². The van der Waals surface area contributed by atoms with Gasteiger partial charge in [0.2, 0.25) is 0 Å². The quantitative estimate of drug-likeness (QED) is 0.924. The number of carboxylic acid groups (broad SMARTS) is 1. The molecule has 0 fully saturated rings. The van der Waals surface area contributed by atoms with Crippen molar-refractivity contribution in [1.82, 2.24) is 9.78 Å². The Labute approximate surface area is 116 Å². The Balaban J connectivity index is 2.49. The van der Waals surface area contributed by atoms with Gasteiger partial charge in [-0.25, -0.2) is 13.2 Å². The second kappa shape index (κ2) is 5.09. The van der Waals surface area contributed by atoms with Crippen LogP contribution < -0.4 is 0 Å². The van der Waals surface area contributed by atoms with Crippen molar-refractivity contribution in [2.75, 3.05) is 5.75 Å². The first-order valence-corrected chi connectivity index (χ1v) is 7.60. The first kappa shape index (κ1) is 14.3. The second-order valence-electron chi connectivity index (χ2n) is 4.26. The summed E-state index contributed by atoms with van der Waals surface area (Å²) in [5, 5.41) is 13.1. The van der Waals surface area contributed by atoms with Crippen LogP contribution in [-0.4, -0.2) is 35.0 Å². The third-order valence-electron chi connectivity index (χ3n) is 3.05. The zero-order chi connectivity index (χ0) is 14.9. The minimum Gasteiger partial charge on any atom is -0.477 e. The zero-order valence-corrected chi connectivity index (χ0v) is 11.9. The Kier molecular flexibility index (Phi) is 3.63. The van der Waals surface area contributed by atoms with Crippen molar-refractivity contribution >= 4 is 15.8 Å². The van der Waals surface area contributed by atoms with Gasteiger partial charge in [0.05, 0.1) is 16.8 Å². The van der Waals surface area contributed by atoms with E-state index in [0.717, 1.165) is 0 Å². The van der Waals surface area contributed by atoms with Gasteiger partial charge in [-0.2, -0.15) is 5.10 Å². The molecule has 106 valence electrons. The van der Waals surface area contributed by atoms with Gasteiger partial charge in [-0.3, -0.25) is 4.68 Å². The molecule has 7 heteroatoms. The number of aryl methyl sites for hydroxylation is 1. The number of hydrogen-bond acceptors (Lipinski definition) is 4. The minimum absolute atomic E-state index is 0.0274. The number of carboxylic acids is 1. The average molecular weight is 294 g/mol. The van der Waals surface area contributed by atoms with Crippen LogP contribution in [0.1, 0.15) is 17.4 Å². The van der Waals surface area contributed by atoms with Gasteiger partial charge in [-0.05, 0) is 17.7 Å². The molecule has 1 heterocycles. The molecule has 0 amide bonds. The molecule has 2 rings (SSSR count). The van der Waals surface area contributed by atoms with Gasteiger partial charge in [-0.15, -0.1) is 0 Å². The normalized spacial score (nSPS) is 11.5. The van der Waals surface area contributed by atoms with E-state index in [1.165, 1.54) is 23.0 Å². The standard InChI is InChI=1S/C13H14N2O4S/c1-3-20(18,19)10-6-4-9(5-7-10)11-8-14-15(2)12(11)13(16)17/h4-8H,3H2,1-2H3,(H,16,17). The van der Waals surface area contributed by atoms with Crippen LogP contribution in [0.4, 0.5) is 0 Å². The van der Waals surface area contributed by atoms with Crippen molar-refractivity contribution in [2.24, 2.45) is 7.05 Å². The van der Waals surface area contributed by atoms with Crippen molar-refractivity contribution in [1.29, 1.82) is 0 Å². The van der Waals surface area contributed by atoms with Crippen molar-refractivity contribution in [3.8, 4) is 11.1 Å². The maximum Gasteiger partial charge on any atom is 0.354 e. The summed E-state index contributed by atoms with van der Waals surface area (Å²) in [5.74, 6) is -1.05. The lowest BCUT2D eigenvalue weighted by Gasteiger charge is -2.04. The molecule has 0 aliphatic rings. The highest BCUT2D eigenvalue weighted by Gasteiger charge is 2.18. The lowest BCUT2D eigenvalue weighted by Crippen LogP contribution is -2.07. The summed E-state index contributed by atoms with van der Waals surface area (Å²) < 4.78 is 24.7. The molecule has 0 aliphatic carbocycles. The van der Waals surface area contributed by atoms with Gasteiger partial charge in [0, 0.05) is 12.6 Å². The zero-order valence-electron chi connectivity index (χ0n) is 11.1. The number of carbonyl (C=O) groups is 1. The number of nitrogens with zero attached hydrogens (tertiary/aromatic N) is 2. The van der Waals surface area contributed by atoms with Crippen molar-refractivity contribution < 1.29 is 18.3 Å². The highest BCUT2D eigenvalue weighted by Crippen LogP contribution is 2.25. The van der Waals surface area contributed by atoms with E-state index >= 15 is 0 Å². The van der Waals surface area contributed by atoms with E-state index in [1.54, 1.807) is 26.1 Å². The highest BCUT2D eigenvalue weighted by atomic mass is 32.2. The van der Waals surface area contributed by atoms with E-state index in [4.69, 9.17) is 5.11 Å². The van der Waals surface area contributed by atoms with Crippen LogP contribution in [0.2, 0.25) is 0 Å². The van der Waals surface area contributed by atoms with Crippen LogP contribution in [-0.2, 0) is 16.9 Å². The Morgan fingerprint density at radius 1 is 1.30 bits per heavy atom. The fourth-order valence-electron chi connectivity index (χ4n) is 1.91. The smallest absolute Gasteiger partial charge is 0.354 e. The molecule has 1 N–H and O–H groups in total. The van der Waals surface area contributed by atoms with Gasteiger partial charge in [-0.1, -0.05) is 19.1 Å². The predicted octanol–water partition coefficient (Wildman–Crippen LogP) is 1.58. The number of hydrogen-bond donors (Lipinski definition) is 1. The Hall–Kier alpha value is -2.15. The highest BCUT2D eigenvalue weighted by molar-refractivity contribution is 7.91. The van der Waals surface area contributed by atoms with Crippen molar-refractivity contribution in [3.05, 3.63) is 36.2 Å². The van der Waals surface area contributed by atoms with Gasteiger partial charge in [0.1, 0.15) is 0 Å². The lowest BCUT2D eigenvalue weighted by molar-refractivity contribution is 0.0686. The Morgan fingerprint density at radius 3 is 2.40 bits per heavy atom. The van der Waals surface area contributed by atoms with Crippen LogP contribution >= 0.6 is 0 Å². The molecule has 20 heavy (non-hydrogen) atoms. The Bertz CT molecular complexity index is 745. The molecular weight excluding hydrogens is 280 g/mol. The largest absolute Gasteiger partial charge is 0.477 e. The molecule has 0 unspecified atom stereocenters. The summed E-state index contributed by atoms with van der Waals surface area (Å²) in [4.78, 5) is 11.4. The fourth-order valence-corrected chi connectivity index (χ4v) is 2.79. The van der Waals surface area contributed by atoms with Gasteiger partial charge in [0.25, 0.3) is 0 Å². The predicted molar refractivity (Wildman–Crippen MR) is 73.3 cm³/mol. The van der Waals surface area contributed by atoms with Crippen molar-refractivity contribution in [3.63, 3.8) is 0 Å². The molecule has 0 bridgehead atoms. The maximum atomic E-state index is 11.7. The number of aromatic nitrogens is 2. The minimum atomic E-state index is -3.26. The fraction of sp³-hybridized carbons (Fsp3) is 0.231. The van der Waals surface area contributed by atoms with Gasteiger partial charge < -0.3 is 5.11 Å². The summed E-state index contributed by atoms with van der Waals surface area (Å²) in [5.41, 5.74) is 1.14. The Morgan fingerprint density at radius 2 is 1.90 bits per heavy atom. The van der Waals surface area contributed by atoms with E-state index < -0.39 is 15.8 Å². The second-order valence-corrected chi connectivity index (χ2v) is 6.54. The van der Waals surface area contributed by atoms with E-state index in [2.05, 4.69) is 5.10 Å². The summed E-state index contributed by atoms with van der Waals surface area (Å²) in [6.07, 6.45) is 1.45. The SMILES string of the molecule is CCS(=O)(=O)c1ccc(-c2cnn(C)c2C(=O)O)cc1. The molecule has 0 saturated heterocycles. The molecule has 1 aromatic heterocycles. The van der Waals surface area contributed by atoms with Crippen LogP contribution in [0.3, 0.4) is 0 Å². The summed E-state index contributed by atoms with van der Waals surface area (Å²) in [6.45, 7) is 1.58. The molecular formula is C13H14N2O4S. The van der Waals surface area contributed by atoms with E-state index in [1.807, 2.05) is 0 Å². The van der Waals surface area contributed by atoms with Crippen LogP contribution in [0.15, 0.2) is 35.4 Å². The summed E-state index contributed by atoms with van der Waals surface area (Å²) in [7, 11) is -1.71. The number of sulfone groups is 1. The summed E-state index contributed by atoms with van der Waals surface area (Å²) >= 11 is 0. The molecule has 6 nitrogen and oxygen atoms in total. The van der Waals surface area contributed by atoms with Crippen LogP contribution in [0, 0.1) is 0 Å². The topological polar surface area (TPSA) is 89.3 Å². The first-order valence-electron chi connectivity index (χ1n) is 5.95. The maximum absolute atomic E-state index is 11.7. The van der Waals surface area contributed by atoms with Gasteiger partial charge in [0.15, 0.2) is 15.5 Å². The molecule has 0 atom stereocenters. The van der Waals surface area contributed by atoms with E-state index in [0.29, 0.717) is 11.1 Å². The molecule has 1 aromatic carbocycles. The van der Waals surface area contributed by atoms with E-state index in [-0.39, 0.29) is 16.3 Å². The first-order chi connectivity index (χ1) is 9.36. The number of rotatable bonds is 4. The van der Waals surface area contributed by atoms with Gasteiger partial charge >= 0.3 is 5.97 Å². The monoisotopic (exact) mass is 294 g/mol. The molecule has 0 saturated carbocycles. The lowest BCUT2D eigenvalue weighted by atomic mass is 10.1. The van der Waals surface area contributed by atoms with Crippen LogP contribution in [0.5, 0.6) is 0 Å².